The molecule has 0 spiro atoms. The van der Waals surface area contributed by atoms with Crippen LogP contribution in [0.15, 0.2) is 18.2 Å². The van der Waals surface area contributed by atoms with Crippen molar-refractivity contribution >= 4 is 0 Å². The van der Waals surface area contributed by atoms with Crippen LogP contribution in [0.1, 0.15) is 88.2 Å². The van der Waals surface area contributed by atoms with Crippen LogP contribution in [0.25, 0.3) is 0 Å². The van der Waals surface area contributed by atoms with E-state index in [9.17, 15) is 4.39 Å². The molecule has 0 unspecified atom stereocenters. The molecule has 2 fully saturated rings. The molecule has 2 saturated carbocycles. The zero-order valence-electron chi connectivity index (χ0n) is 14.9. The number of halogens is 1. The van der Waals surface area contributed by atoms with E-state index in [0.717, 1.165) is 36.2 Å². The van der Waals surface area contributed by atoms with Crippen molar-refractivity contribution in [3.8, 4) is 6.07 Å². The third-order valence-corrected chi connectivity index (χ3v) is 6.60. The van der Waals surface area contributed by atoms with Crippen LogP contribution >= 0.6 is 0 Å². The van der Waals surface area contributed by atoms with Crippen LogP contribution in [-0.2, 0) is 0 Å². The molecule has 1 nitrogen and oxygen atoms in total. The summed E-state index contributed by atoms with van der Waals surface area (Å²) in [5, 5.41) is 8.88. The van der Waals surface area contributed by atoms with Gasteiger partial charge in [-0.05, 0) is 79.9 Å². The Bertz CT molecular complexity index is 572. The number of rotatable bonds is 4. The highest BCUT2D eigenvalue weighted by Gasteiger charge is 2.31. The monoisotopic (exact) mass is 327 g/mol. The summed E-state index contributed by atoms with van der Waals surface area (Å²) in [7, 11) is 0. The first-order valence-corrected chi connectivity index (χ1v) is 9.90. The van der Waals surface area contributed by atoms with Gasteiger partial charge in [-0.25, -0.2) is 4.39 Å². The van der Waals surface area contributed by atoms with Gasteiger partial charge in [-0.1, -0.05) is 38.7 Å². The second-order valence-corrected chi connectivity index (χ2v) is 8.03. The van der Waals surface area contributed by atoms with Gasteiger partial charge < -0.3 is 0 Å². The van der Waals surface area contributed by atoms with Gasteiger partial charge in [0.05, 0.1) is 11.6 Å². The van der Waals surface area contributed by atoms with Gasteiger partial charge in [-0.3, -0.25) is 0 Å². The summed E-state index contributed by atoms with van der Waals surface area (Å²) in [4.78, 5) is 0. The quantitative estimate of drug-likeness (QED) is 0.613. The van der Waals surface area contributed by atoms with Gasteiger partial charge in [0.2, 0.25) is 0 Å². The molecule has 0 radical (unpaired) electrons. The molecule has 0 amide bonds. The minimum atomic E-state index is -0.183. The predicted octanol–water partition coefficient (Wildman–Crippen LogP) is 6.58. The van der Waals surface area contributed by atoms with Crippen LogP contribution in [0.4, 0.5) is 4.39 Å². The standard InChI is InChI=1S/C22H30FN/c1-2-3-16-4-7-18(8-5-16)19-9-11-20(12-10-19)21-13-6-17(15-24)14-22(21)23/h6,13-14,16,18-20H,2-5,7-12H2,1H3. The van der Waals surface area contributed by atoms with Gasteiger partial charge in [-0.15, -0.1) is 0 Å². The fraction of sp³-hybridized carbons (Fsp3) is 0.682. The van der Waals surface area contributed by atoms with Crippen LogP contribution in [0.5, 0.6) is 0 Å². The zero-order valence-corrected chi connectivity index (χ0v) is 14.9. The summed E-state index contributed by atoms with van der Waals surface area (Å²) in [5.41, 5.74) is 1.26. The van der Waals surface area contributed by atoms with Gasteiger partial charge >= 0.3 is 0 Å². The number of nitriles is 1. The molecule has 0 aromatic heterocycles. The van der Waals surface area contributed by atoms with E-state index < -0.39 is 0 Å². The predicted molar refractivity (Wildman–Crippen MR) is 96.2 cm³/mol. The van der Waals surface area contributed by atoms with Gasteiger partial charge in [-0.2, -0.15) is 5.26 Å². The average Bonchev–Trinajstić information content (AvgIpc) is 2.63. The van der Waals surface area contributed by atoms with E-state index in [1.165, 1.54) is 57.4 Å². The minimum Gasteiger partial charge on any atom is -0.207 e. The van der Waals surface area contributed by atoms with Crippen molar-refractivity contribution < 1.29 is 4.39 Å². The Kier molecular flexibility index (Phi) is 5.93. The lowest BCUT2D eigenvalue weighted by atomic mass is 9.68. The van der Waals surface area contributed by atoms with Gasteiger partial charge in [0.1, 0.15) is 5.82 Å². The van der Waals surface area contributed by atoms with Crippen molar-refractivity contribution in [2.24, 2.45) is 17.8 Å². The normalized spacial score (nSPS) is 30.7. The number of hydrogen-bond acceptors (Lipinski definition) is 1. The number of hydrogen-bond donors (Lipinski definition) is 0. The van der Waals surface area contributed by atoms with Crippen LogP contribution in [-0.4, -0.2) is 0 Å². The molecule has 24 heavy (non-hydrogen) atoms. The maximum Gasteiger partial charge on any atom is 0.127 e. The molecule has 0 saturated heterocycles. The van der Waals surface area contributed by atoms with Crippen molar-refractivity contribution in [3.05, 3.63) is 35.1 Å². The molecule has 2 heteroatoms. The van der Waals surface area contributed by atoms with Crippen molar-refractivity contribution in [3.63, 3.8) is 0 Å². The summed E-state index contributed by atoms with van der Waals surface area (Å²) in [6, 6.07) is 7.03. The van der Waals surface area contributed by atoms with Crippen LogP contribution in [0, 0.1) is 34.9 Å². The lowest BCUT2D eigenvalue weighted by molar-refractivity contribution is 0.156. The molecule has 2 aliphatic carbocycles. The van der Waals surface area contributed by atoms with Crippen molar-refractivity contribution in [2.75, 3.05) is 0 Å². The third kappa shape index (κ3) is 4.00. The zero-order chi connectivity index (χ0) is 16.9. The fourth-order valence-electron chi connectivity index (χ4n) is 5.19. The molecule has 0 aliphatic heterocycles. The van der Waals surface area contributed by atoms with E-state index in [-0.39, 0.29) is 5.82 Å². The van der Waals surface area contributed by atoms with Crippen molar-refractivity contribution in [1.82, 2.24) is 0 Å². The molecule has 3 rings (SSSR count). The van der Waals surface area contributed by atoms with E-state index >= 15 is 0 Å². The lowest BCUT2D eigenvalue weighted by Crippen LogP contribution is -2.25. The third-order valence-electron chi connectivity index (χ3n) is 6.60. The molecule has 2 aliphatic rings. The highest BCUT2D eigenvalue weighted by atomic mass is 19.1. The molecule has 130 valence electrons. The first-order valence-electron chi connectivity index (χ1n) is 9.90. The average molecular weight is 327 g/mol. The second kappa shape index (κ2) is 8.15. The summed E-state index contributed by atoms with van der Waals surface area (Å²) < 4.78 is 14.2. The number of nitrogens with zero attached hydrogens (tertiary/aromatic N) is 1. The largest absolute Gasteiger partial charge is 0.207 e. The maximum absolute atomic E-state index is 14.2. The Morgan fingerprint density at radius 3 is 2.17 bits per heavy atom. The van der Waals surface area contributed by atoms with E-state index in [4.69, 9.17) is 5.26 Å². The van der Waals surface area contributed by atoms with Crippen molar-refractivity contribution in [1.29, 1.82) is 5.26 Å². The van der Waals surface area contributed by atoms with Crippen LogP contribution in [0.3, 0.4) is 0 Å². The van der Waals surface area contributed by atoms with Crippen LogP contribution in [0.2, 0.25) is 0 Å². The summed E-state index contributed by atoms with van der Waals surface area (Å²) >= 11 is 0. The highest BCUT2D eigenvalue weighted by Crippen LogP contribution is 2.44. The molecule has 1 aromatic carbocycles. The highest BCUT2D eigenvalue weighted by molar-refractivity contribution is 5.34. The molecule has 1 aromatic rings. The first kappa shape index (κ1) is 17.5. The molecule has 0 atom stereocenters. The van der Waals surface area contributed by atoms with Gasteiger partial charge in [0, 0.05) is 0 Å². The molecular formula is C22H30FN. The molecule has 0 bridgehead atoms. The number of benzene rings is 1. The van der Waals surface area contributed by atoms with Crippen molar-refractivity contribution in [2.45, 2.75) is 77.0 Å². The van der Waals surface area contributed by atoms with Gasteiger partial charge in [0.25, 0.3) is 0 Å². The summed E-state index contributed by atoms with van der Waals surface area (Å²) in [6.07, 6.45) is 13.2. The smallest absolute Gasteiger partial charge is 0.127 e. The molecule has 0 heterocycles. The Hall–Kier alpha value is -1.36. The molecule has 0 N–H and O–H groups in total. The maximum atomic E-state index is 14.2. The lowest BCUT2D eigenvalue weighted by Gasteiger charge is -2.38. The summed E-state index contributed by atoms with van der Waals surface area (Å²) in [5.74, 6) is 2.94. The Balaban J connectivity index is 1.52. The van der Waals surface area contributed by atoms with E-state index in [2.05, 4.69) is 6.92 Å². The minimum absolute atomic E-state index is 0.183. The van der Waals surface area contributed by atoms with E-state index in [1.54, 1.807) is 6.07 Å². The Morgan fingerprint density at radius 1 is 1.00 bits per heavy atom. The summed E-state index contributed by atoms with van der Waals surface area (Å²) in [6.45, 7) is 2.30. The van der Waals surface area contributed by atoms with E-state index in [1.807, 2.05) is 12.1 Å². The van der Waals surface area contributed by atoms with Gasteiger partial charge in [0.15, 0.2) is 0 Å². The topological polar surface area (TPSA) is 23.8 Å². The Labute approximate surface area is 146 Å². The SMILES string of the molecule is CCCC1CCC(C2CCC(c3ccc(C#N)cc3F)CC2)CC1. The fourth-order valence-corrected chi connectivity index (χ4v) is 5.19. The van der Waals surface area contributed by atoms with Crippen LogP contribution < -0.4 is 0 Å². The first-order chi connectivity index (χ1) is 11.7. The Morgan fingerprint density at radius 2 is 1.62 bits per heavy atom. The molecular weight excluding hydrogens is 297 g/mol. The van der Waals surface area contributed by atoms with E-state index in [0.29, 0.717) is 11.5 Å². The second-order valence-electron chi connectivity index (χ2n) is 8.03.